The first kappa shape index (κ1) is 21.5. The molecule has 154 valence electrons. The van der Waals surface area contributed by atoms with Gasteiger partial charge in [0.05, 0.1) is 29.5 Å². The Kier molecular flexibility index (Phi) is 6.87. The van der Waals surface area contributed by atoms with Crippen LogP contribution in [0.25, 0.3) is 0 Å². The van der Waals surface area contributed by atoms with Crippen molar-refractivity contribution in [3.8, 4) is 6.07 Å². The second-order valence-electron chi connectivity index (χ2n) is 6.35. The van der Waals surface area contributed by atoms with Crippen LogP contribution in [-0.2, 0) is 19.1 Å². The van der Waals surface area contributed by atoms with Crippen molar-refractivity contribution in [1.29, 1.82) is 5.26 Å². The van der Waals surface area contributed by atoms with Crippen molar-refractivity contribution in [2.45, 2.75) is 12.8 Å². The van der Waals surface area contributed by atoms with Crippen molar-refractivity contribution in [3.63, 3.8) is 0 Å². The van der Waals surface area contributed by atoms with E-state index in [9.17, 15) is 19.6 Å². The third-order valence-corrected chi connectivity index (χ3v) is 6.24. The van der Waals surface area contributed by atoms with Crippen LogP contribution in [0.1, 0.15) is 17.0 Å². The van der Waals surface area contributed by atoms with Crippen molar-refractivity contribution < 1.29 is 19.1 Å². The number of thiazole rings is 1. The Morgan fingerprint density at radius 2 is 2.17 bits per heavy atom. The molecule has 0 fully saturated rings. The Hall–Kier alpha value is -3.16. The van der Waals surface area contributed by atoms with Gasteiger partial charge in [-0.3, -0.25) is 14.4 Å². The Morgan fingerprint density at radius 1 is 1.40 bits per heavy atom. The number of hydrogen-bond acceptors (Lipinski definition) is 8. The van der Waals surface area contributed by atoms with Crippen molar-refractivity contribution in [2.75, 3.05) is 18.2 Å². The maximum absolute atomic E-state index is 12.8. The van der Waals surface area contributed by atoms with Gasteiger partial charge in [-0.1, -0.05) is 36.0 Å². The molecule has 2 amide bonds. The van der Waals surface area contributed by atoms with E-state index in [1.54, 1.807) is 23.7 Å². The highest BCUT2D eigenvalue weighted by atomic mass is 32.2. The van der Waals surface area contributed by atoms with Crippen LogP contribution in [0.5, 0.6) is 0 Å². The van der Waals surface area contributed by atoms with Crippen LogP contribution in [0, 0.1) is 24.2 Å². The van der Waals surface area contributed by atoms with Crippen LogP contribution >= 0.6 is 23.1 Å². The second-order valence-corrected chi connectivity index (χ2v) is 8.23. The largest absolute Gasteiger partial charge is 0.468 e. The Labute approximate surface area is 181 Å². The van der Waals surface area contributed by atoms with Crippen LogP contribution in [0.4, 0.5) is 5.13 Å². The predicted octanol–water partition coefficient (Wildman–Crippen LogP) is 2.56. The molecule has 30 heavy (non-hydrogen) atoms. The van der Waals surface area contributed by atoms with Gasteiger partial charge in [-0.25, -0.2) is 4.98 Å². The summed E-state index contributed by atoms with van der Waals surface area (Å²) in [6, 6.07) is 9.37. The van der Waals surface area contributed by atoms with Crippen LogP contribution < -0.4 is 10.6 Å². The monoisotopic (exact) mass is 442 g/mol. The summed E-state index contributed by atoms with van der Waals surface area (Å²) in [5.74, 6) is -3.65. The van der Waals surface area contributed by atoms with E-state index >= 15 is 0 Å². The van der Waals surface area contributed by atoms with E-state index in [1.165, 1.54) is 18.4 Å². The molecule has 1 aromatic heterocycles. The molecule has 0 aliphatic carbocycles. The summed E-state index contributed by atoms with van der Waals surface area (Å²) >= 11 is 2.31. The third kappa shape index (κ3) is 4.53. The number of nitrogens with zero attached hydrogens (tertiary/aromatic N) is 2. The minimum Gasteiger partial charge on any atom is -0.468 e. The highest BCUT2D eigenvalue weighted by molar-refractivity contribution is 8.03. The number of nitrogens with one attached hydrogen (secondary N) is 2. The predicted molar refractivity (Wildman–Crippen MR) is 113 cm³/mol. The van der Waals surface area contributed by atoms with E-state index in [0.717, 1.165) is 17.3 Å². The number of ether oxygens (including phenoxy) is 1. The Bertz CT molecular complexity index is 1040. The molecule has 1 aliphatic rings. The van der Waals surface area contributed by atoms with E-state index in [4.69, 9.17) is 4.74 Å². The van der Waals surface area contributed by atoms with Gasteiger partial charge in [0.1, 0.15) is 5.92 Å². The zero-order valence-electron chi connectivity index (χ0n) is 16.2. The van der Waals surface area contributed by atoms with Gasteiger partial charge >= 0.3 is 5.97 Å². The lowest BCUT2D eigenvalue weighted by atomic mass is 9.77. The van der Waals surface area contributed by atoms with Gasteiger partial charge in [0.25, 0.3) is 0 Å². The number of esters is 1. The van der Waals surface area contributed by atoms with Gasteiger partial charge in [0, 0.05) is 17.5 Å². The summed E-state index contributed by atoms with van der Waals surface area (Å²) < 4.78 is 4.83. The molecule has 8 nitrogen and oxygen atoms in total. The molecule has 1 aromatic carbocycles. The number of aryl methyl sites for hydroxylation is 1. The molecule has 2 aromatic rings. The molecule has 10 heteroatoms. The van der Waals surface area contributed by atoms with E-state index in [0.29, 0.717) is 10.7 Å². The third-order valence-electron chi connectivity index (χ3n) is 4.53. The minimum atomic E-state index is -1.20. The van der Waals surface area contributed by atoms with Gasteiger partial charge in [-0.2, -0.15) is 5.26 Å². The van der Waals surface area contributed by atoms with Crippen molar-refractivity contribution >= 4 is 46.0 Å². The quantitative estimate of drug-likeness (QED) is 0.521. The number of hydrogen-bond donors (Lipinski definition) is 2. The molecule has 2 atom stereocenters. The number of methoxy groups -OCH3 is 1. The normalized spacial score (nSPS) is 18.4. The molecular weight excluding hydrogens is 424 g/mol. The van der Waals surface area contributed by atoms with Gasteiger partial charge in [-0.05, 0) is 18.1 Å². The van der Waals surface area contributed by atoms with Crippen molar-refractivity contribution in [3.05, 3.63) is 57.6 Å². The van der Waals surface area contributed by atoms with E-state index in [1.807, 2.05) is 19.1 Å². The van der Waals surface area contributed by atoms with Crippen molar-refractivity contribution in [1.82, 2.24) is 10.3 Å². The fourth-order valence-electron chi connectivity index (χ4n) is 3.17. The molecule has 2 heterocycles. The van der Waals surface area contributed by atoms with E-state index in [-0.39, 0.29) is 22.3 Å². The van der Waals surface area contributed by atoms with Gasteiger partial charge in [0.15, 0.2) is 5.13 Å². The number of carbonyl (C=O) groups is 3. The first-order valence-corrected chi connectivity index (χ1v) is 10.7. The maximum Gasteiger partial charge on any atom is 0.319 e. The minimum absolute atomic E-state index is 0.0379. The van der Waals surface area contributed by atoms with Crippen LogP contribution in [0.15, 0.2) is 46.4 Å². The molecule has 1 aliphatic heterocycles. The second kappa shape index (κ2) is 9.56. The zero-order valence-corrected chi connectivity index (χ0v) is 17.8. The molecule has 0 saturated heterocycles. The lowest BCUT2D eigenvalue weighted by Crippen LogP contribution is -2.44. The number of benzene rings is 1. The highest BCUT2D eigenvalue weighted by Gasteiger charge is 2.44. The standard InChI is InChI=1S/C20H18N4O4S2/c1-11-5-3-4-6-12(11)15-13(9-21)18(24-17(26)16(15)19(27)28-2)30-10-14(25)23-20-22-7-8-29-20/h3-8,15-16H,10H2,1-2H3,(H,24,26)(H,22,23,25)/t15-,16-/m0/s1. The van der Waals surface area contributed by atoms with Crippen LogP contribution in [0.2, 0.25) is 0 Å². The number of allylic oxidation sites excluding steroid dienone is 1. The zero-order chi connectivity index (χ0) is 21.7. The summed E-state index contributed by atoms with van der Waals surface area (Å²) in [7, 11) is 1.20. The SMILES string of the molecule is COC(=O)[C@@H]1C(=O)NC(SCC(=O)Nc2nccs2)=C(C#N)[C@@H]1c1ccccc1C. The molecule has 0 bridgehead atoms. The van der Waals surface area contributed by atoms with Gasteiger partial charge < -0.3 is 15.4 Å². The molecule has 2 N–H and O–H groups in total. The molecule has 0 spiro atoms. The van der Waals surface area contributed by atoms with Gasteiger partial charge in [0.2, 0.25) is 11.8 Å². The van der Waals surface area contributed by atoms with Crippen LogP contribution in [-0.4, -0.2) is 35.6 Å². The fraction of sp³-hybridized carbons (Fsp3) is 0.250. The number of aromatic nitrogens is 1. The number of rotatable bonds is 6. The first-order valence-electron chi connectivity index (χ1n) is 8.87. The molecule has 0 saturated carbocycles. The number of carbonyl (C=O) groups excluding carboxylic acids is 3. The highest BCUT2D eigenvalue weighted by Crippen LogP contribution is 2.41. The topological polar surface area (TPSA) is 121 Å². The number of nitriles is 1. The average molecular weight is 443 g/mol. The molecular formula is C20H18N4O4S2. The van der Waals surface area contributed by atoms with Crippen LogP contribution in [0.3, 0.4) is 0 Å². The van der Waals surface area contributed by atoms with E-state index < -0.39 is 23.7 Å². The smallest absolute Gasteiger partial charge is 0.319 e. The number of anilines is 1. The fourth-order valence-corrected chi connectivity index (χ4v) is 4.56. The maximum atomic E-state index is 12.8. The Morgan fingerprint density at radius 3 is 2.80 bits per heavy atom. The summed E-state index contributed by atoms with van der Waals surface area (Å²) in [6.45, 7) is 1.85. The molecule has 0 unspecified atom stereocenters. The number of thioether (sulfide) groups is 1. The van der Waals surface area contributed by atoms with Crippen molar-refractivity contribution in [2.24, 2.45) is 5.92 Å². The summed E-state index contributed by atoms with van der Waals surface area (Å²) in [5.41, 5.74) is 1.74. The summed E-state index contributed by atoms with van der Waals surface area (Å²) in [6.07, 6.45) is 1.57. The summed E-state index contributed by atoms with van der Waals surface area (Å²) in [5, 5.41) is 17.6. The lowest BCUT2D eigenvalue weighted by Gasteiger charge is -2.31. The Balaban J connectivity index is 1.94. The molecule has 3 rings (SSSR count). The average Bonchev–Trinajstić information content (AvgIpc) is 3.24. The first-order chi connectivity index (χ1) is 14.5. The molecule has 0 radical (unpaired) electrons. The van der Waals surface area contributed by atoms with Gasteiger partial charge in [-0.15, -0.1) is 11.3 Å². The summed E-state index contributed by atoms with van der Waals surface area (Å²) in [4.78, 5) is 41.4. The lowest BCUT2D eigenvalue weighted by molar-refractivity contribution is -0.150. The van der Waals surface area contributed by atoms with E-state index in [2.05, 4.69) is 21.7 Å². The number of amides is 2.